The lowest BCUT2D eigenvalue weighted by Crippen LogP contribution is -2.36. The molecule has 1 aromatic carbocycles. The second kappa shape index (κ2) is 8.39. The Balaban J connectivity index is 1.50. The van der Waals surface area contributed by atoms with Gasteiger partial charge in [-0.05, 0) is 36.2 Å². The number of amides is 2. The molecule has 1 aliphatic heterocycles. The second-order valence-corrected chi connectivity index (χ2v) is 6.22. The number of aliphatic imine (C=N–C) groups is 1. The van der Waals surface area contributed by atoms with Crippen LogP contribution in [-0.2, 0) is 17.9 Å². The van der Waals surface area contributed by atoms with E-state index >= 15 is 0 Å². The molecule has 3 rings (SSSR count). The number of furan rings is 1. The molecule has 2 aromatic rings. The molecule has 0 unspecified atom stereocenters. The predicted molar refractivity (Wildman–Crippen MR) is 102 cm³/mol. The zero-order valence-corrected chi connectivity index (χ0v) is 15.2. The summed E-state index contributed by atoms with van der Waals surface area (Å²) < 4.78 is 5.32. The van der Waals surface area contributed by atoms with Gasteiger partial charge in [-0.25, -0.2) is 0 Å². The fourth-order valence-electron chi connectivity index (χ4n) is 2.90. The Morgan fingerprint density at radius 3 is 2.52 bits per heavy atom. The smallest absolute Gasteiger partial charge is 0.284 e. The number of rotatable bonds is 6. The first-order valence-electron chi connectivity index (χ1n) is 8.79. The fourth-order valence-corrected chi connectivity index (χ4v) is 2.90. The van der Waals surface area contributed by atoms with Crippen LogP contribution in [0.5, 0.6) is 0 Å². The molecule has 1 saturated heterocycles. The standard InChI is InChI=1S/C19H23N5O3/c1-21-19(23-12-15-8-9-16(27-15)18(20)26)22-11-13-4-6-14(7-5-13)24-10-2-3-17(24)25/h4-9H,2-3,10-12H2,1H3,(H2,20,26)(H2,21,22,23). The molecule has 142 valence electrons. The number of carbonyl (C=O) groups excluding carboxylic acids is 2. The number of anilines is 1. The van der Waals surface area contributed by atoms with Crippen molar-refractivity contribution in [3.63, 3.8) is 0 Å². The average Bonchev–Trinajstić information content (AvgIpc) is 3.31. The maximum absolute atomic E-state index is 11.8. The Morgan fingerprint density at radius 1 is 1.19 bits per heavy atom. The lowest BCUT2D eigenvalue weighted by atomic mass is 10.2. The van der Waals surface area contributed by atoms with Crippen LogP contribution >= 0.6 is 0 Å². The van der Waals surface area contributed by atoms with E-state index < -0.39 is 5.91 Å². The van der Waals surface area contributed by atoms with Gasteiger partial charge in [-0.3, -0.25) is 14.6 Å². The summed E-state index contributed by atoms with van der Waals surface area (Å²) >= 11 is 0. The molecule has 4 N–H and O–H groups in total. The molecule has 0 saturated carbocycles. The summed E-state index contributed by atoms with van der Waals surface area (Å²) in [5, 5.41) is 6.32. The van der Waals surface area contributed by atoms with E-state index in [1.807, 2.05) is 29.2 Å². The van der Waals surface area contributed by atoms with E-state index in [9.17, 15) is 9.59 Å². The minimum atomic E-state index is -0.595. The van der Waals surface area contributed by atoms with Gasteiger partial charge in [0.2, 0.25) is 5.91 Å². The Labute approximate surface area is 157 Å². The van der Waals surface area contributed by atoms with Crippen LogP contribution in [0.3, 0.4) is 0 Å². The zero-order valence-electron chi connectivity index (χ0n) is 15.2. The summed E-state index contributed by atoms with van der Waals surface area (Å²) in [5.74, 6) is 0.911. The van der Waals surface area contributed by atoms with E-state index in [0.717, 1.165) is 24.2 Å². The normalized spacial score (nSPS) is 14.5. The van der Waals surface area contributed by atoms with Gasteiger partial charge in [-0.15, -0.1) is 0 Å². The largest absolute Gasteiger partial charge is 0.454 e. The second-order valence-electron chi connectivity index (χ2n) is 6.22. The molecule has 1 aliphatic rings. The molecule has 2 heterocycles. The summed E-state index contributed by atoms with van der Waals surface area (Å²) in [5.41, 5.74) is 7.18. The minimum absolute atomic E-state index is 0.131. The molecule has 1 aromatic heterocycles. The van der Waals surface area contributed by atoms with Crippen molar-refractivity contribution < 1.29 is 14.0 Å². The number of benzene rings is 1. The van der Waals surface area contributed by atoms with Crippen molar-refractivity contribution in [3.8, 4) is 0 Å². The number of primary amides is 1. The average molecular weight is 369 g/mol. The number of nitrogens with one attached hydrogen (secondary N) is 2. The van der Waals surface area contributed by atoms with Crippen molar-refractivity contribution in [2.24, 2.45) is 10.7 Å². The highest BCUT2D eigenvalue weighted by atomic mass is 16.3. The Hall–Kier alpha value is -3.29. The Bertz CT molecular complexity index is 841. The van der Waals surface area contributed by atoms with Crippen LogP contribution in [0.2, 0.25) is 0 Å². The number of nitrogens with two attached hydrogens (primary N) is 1. The van der Waals surface area contributed by atoms with Gasteiger partial charge >= 0.3 is 0 Å². The van der Waals surface area contributed by atoms with Crippen LogP contribution in [0.1, 0.15) is 34.7 Å². The summed E-state index contributed by atoms with van der Waals surface area (Å²) in [6, 6.07) is 11.1. The van der Waals surface area contributed by atoms with Gasteiger partial charge in [0.15, 0.2) is 11.7 Å². The van der Waals surface area contributed by atoms with Crippen molar-refractivity contribution in [2.75, 3.05) is 18.5 Å². The van der Waals surface area contributed by atoms with Crippen LogP contribution in [0, 0.1) is 0 Å². The maximum Gasteiger partial charge on any atom is 0.284 e. The Kier molecular flexibility index (Phi) is 5.75. The van der Waals surface area contributed by atoms with E-state index in [1.54, 1.807) is 19.2 Å². The van der Waals surface area contributed by atoms with Crippen molar-refractivity contribution >= 4 is 23.5 Å². The maximum atomic E-state index is 11.8. The highest BCUT2D eigenvalue weighted by Gasteiger charge is 2.21. The van der Waals surface area contributed by atoms with E-state index in [1.165, 1.54) is 0 Å². The number of carbonyl (C=O) groups is 2. The lowest BCUT2D eigenvalue weighted by Gasteiger charge is -2.16. The summed E-state index contributed by atoms with van der Waals surface area (Å²) in [6.07, 6.45) is 1.54. The highest BCUT2D eigenvalue weighted by Crippen LogP contribution is 2.21. The molecule has 8 heteroatoms. The number of hydrogen-bond acceptors (Lipinski definition) is 4. The van der Waals surface area contributed by atoms with Gasteiger partial charge in [0.25, 0.3) is 5.91 Å². The molecule has 0 atom stereocenters. The number of guanidine groups is 1. The van der Waals surface area contributed by atoms with Crippen LogP contribution in [-0.4, -0.2) is 31.4 Å². The van der Waals surface area contributed by atoms with Crippen molar-refractivity contribution in [1.82, 2.24) is 10.6 Å². The molecule has 2 amide bonds. The summed E-state index contributed by atoms with van der Waals surface area (Å²) in [7, 11) is 1.67. The van der Waals surface area contributed by atoms with Gasteiger partial charge in [0.05, 0.1) is 6.54 Å². The highest BCUT2D eigenvalue weighted by molar-refractivity contribution is 5.95. The topological polar surface area (TPSA) is 113 Å². The van der Waals surface area contributed by atoms with Gasteiger partial charge < -0.3 is 25.7 Å². The minimum Gasteiger partial charge on any atom is -0.454 e. The van der Waals surface area contributed by atoms with Crippen LogP contribution in [0.25, 0.3) is 0 Å². The zero-order chi connectivity index (χ0) is 19.2. The van der Waals surface area contributed by atoms with Gasteiger partial charge in [-0.1, -0.05) is 12.1 Å². The van der Waals surface area contributed by atoms with Crippen LogP contribution < -0.4 is 21.3 Å². The Morgan fingerprint density at radius 2 is 1.93 bits per heavy atom. The first kappa shape index (κ1) is 18.5. The van der Waals surface area contributed by atoms with Gasteiger partial charge in [0.1, 0.15) is 5.76 Å². The number of hydrogen-bond donors (Lipinski definition) is 3. The molecule has 1 fully saturated rings. The van der Waals surface area contributed by atoms with Crippen LogP contribution in [0.15, 0.2) is 45.8 Å². The van der Waals surface area contributed by atoms with Crippen molar-refractivity contribution in [1.29, 1.82) is 0 Å². The first-order valence-corrected chi connectivity index (χ1v) is 8.79. The van der Waals surface area contributed by atoms with Crippen molar-refractivity contribution in [3.05, 3.63) is 53.5 Å². The fraction of sp³-hybridized carbons (Fsp3) is 0.316. The molecule has 0 aliphatic carbocycles. The van der Waals surface area contributed by atoms with Gasteiger partial charge in [-0.2, -0.15) is 0 Å². The lowest BCUT2D eigenvalue weighted by molar-refractivity contribution is -0.117. The third kappa shape index (κ3) is 4.66. The monoisotopic (exact) mass is 369 g/mol. The van der Waals surface area contributed by atoms with E-state index in [4.69, 9.17) is 10.2 Å². The molecular formula is C19H23N5O3. The van der Waals surface area contributed by atoms with E-state index in [-0.39, 0.29) is 11.7 Å². The molecule has 0 spiro atoms. The summed E-state index contributed by atoms with van der Waals surface area (Å²) in [4.78, 5) is 28.8. The molecule has 0 radical (unpaired) electrons. The molecule has 8 nitrogen and oxygen atoms in total. The third-order valence-electron chi connectivity index (χ3n) is 4.34. The predicted octanol–water partition coefficient (Wildman–Crippen LogP) is 1.37. The first-order chi connectivity index (χ1) is 13.1. The SMILES string of the molecule is CN=C(NCc1ccc(N2CCCC2=O)cc1)NCc1ccc(C(N)=O)o1. The molecular weight excluding hydrogens is 346 g/mol. The quantitative estimate of drug-likeness (QED) is 0.526. The molecule has 0 bridgehead atoms. The summed E-state index contributed by atoms with van der Waals surface area (Å²) in [6.45, 7) is 1.75. The van der Waals surface area contributed by atoms with Crippen molar-refractivity contribution in [2.45, 2.75) is 25.9 Å². The third-order valence-corrected chi connectivity index (χ3v) is 4.34. The molecule has 27 heavy (non-hydrogen) atoms. The number of nitrogens with zero attached hydrogens (tertiary/aromatic N) is 2. The van der Waals surface area contributed by atoms with Gasteiger partial charge in [0, 0.05) is 32.2 Å². The van der Waals surface area contributed by atoms with Crippen LogP contribution in [0.4, 0.5) is 5.69 Å². The van der Waals surface area contributed by atoms with E-state index in [0.29, 0.717) is 31.2 Å². The van der Waals surface area contributed by atoms with E-state index in [2.05, 4.69) is 15.6 Å².